The minimum absolute atomic E-state index is 0.271. The highest BCUT2D eigenvalue weighted by Crippen LogP contribution is 2.51. The zero-order chi connectivity index (χ0) is 11.8. The molecule has 0 spiro atoms. The SMILES string of the molecule is CC1(C)CC1CNc1cc(C(=O)O)ccn1. The van der Waals surface area contributed by atoms with E-state index in [0.717, 1.165) is 6.54 Å². The van der Waals surface area contributed by atoms with E-state index >= 15 is 0 Å². The van der Waals surface area contributed by atoms with Crippen molar-refractivity contribution in [2.24, 2.45) is 11.3 Å². The third-order valence-electron chi connectivity index (χ3n) is 3.25. The van der Waals surface area contributed by atoms with Crippen LogP contribution in [0.1, 0.15) is 30.6 Å². The normalized spacial score (nSPS) is 21.5. The third kappa shape index (κ3) is 2.32. The molecule has 4 heteroatoms. The van der Waals surface area contributed by atoms with Gasteiger partial charge in [0.2, 0.25) is 0 Å². The first-order valence-electron chi connectivity index (χ1n) is 5.42. The van der Waals surface area contributed by atoms with Crippen molar-refractivity contribution in [1.29, 1.82) is 0 Å². The lowest BCUT2D eigenvalue weighted by Crippen LogP contribution is -2.09. The smallest absolute Gasteiger partial charge is 0.335 e. The molecule has 4 nitrogen and oxygen atoms in total. The highest BCUT2D eigenvalue weighted by molar-refractivity contribution is 5.88. The summed E-state index contributed by atoms with van der Waals surface area (Å²) in [4.78, 5) is 14.8. The Morgan fingerprint density at radius 3 is 2.94 bits per heavy atom. The first-order chi connectivity index (χ1) is 7.49. The molecule has 1 saturated carbocycles. The Kier molecular flexibility index (Phi) is 2.58. The zero-order valence-electron chi connectivity index (χ0n) is 9.53. The molecule has 1 aromatic rings. The number of nitrogens with zero attached hydrogens (tertiary/aromatic N) is 1. The second-order valence-electron chi connectivity index (χ2n) is 5.01. The molecule has 16 heavy (non-hydrogen) atoms. The van der Waals surface area contributed by atoms with Crippen molar-refractivity contribution in [2.45, 2.75) is 20.3 Å². The van der Waals surface area contributed by atoms with Crippen LogP contribution in [0.2, 0.25) is 0 Å². The third-order valence-corrected chi connectivity index (χ3v) is 3.25. The molecule has 0 aliphatic heterocycles. The van der Waals surface area contributed by atoms with Crippen LogP contribution in [-0.2, 0) is 0 Å². The Labute approximate surface area is 94.7 Å². The largest absolute Gasteiger partial charge is 0.478 e. The minimum Gasteiger partial charge on any atom is -0.478 e. The molecule has 2 rings (SSSR count). The van der Waals surface area contributed by atoms with Gasteiger partial charge in [-0.3, -0.25) is 0 Å². The maximum atomic E-state index is 10.8. The van der Waals surface area contributed by atoms with Gasteiger partial charge in [0.1, 0.15) is 5.82 Å². The van der Waals surface area contributed by atoms with Crippen molar-refractivity contribution in [3.8, 4) is 0 Å². The van der Waals surface area contributed by atoms with Crippen LogP contribution in [0, 0.1) is 11.3 Å². The fourth-order valence-electron chi connectivity index (χ4n) is 1.81. The maximum absolute atomic E-state index is 10.8. The van der Waals surface area contributed by atoms with Gasteiger partial charge < -0.3 is 10.4 Å². The summed E-state index contributed by atoms with van der Waals surface area (Å²) in [7, 11) is 0. The average Bonchev–Trinajstić information content (AvgIpc) is 2.84. The van der Waals surface area contributed by atoms with Gasteiger partial charge in [-0.05, 0) is 29.9 Å². The number of carbonyl (C=O) groups is 1. The number of anilines is 1. The Morgan fingerprint density at radius 2 is 2.38 bits per heavy atom. The molecule has 1 unspecified atom stereocenters. The van der Waals surface area contributed by atoms with Gasteiger partial charge in [0.05, 0.1) is 5.56 Å². The number of aromatic nitrogens is 1. The fourth-order valence-corrected chi connectivity index (χ4v) is 1.81. The summed E-state index contributed by atoms with van der Waals surface area (Å²) in [6.07, 6.45) is 2.74. The minimum atomic E-state index is -0.919. The molecule has 0 saturated heterocycles. The van der Waals surface area contributed by atoms with Crippen molar-refractivity contribution in [2.75, 3.05) is 11.9 Å². The van der Waals surface area contributed by atoms with E-state index in [4.69, 9.17) is 5.11 Å². The number of aromatic carboxylic acids is 1. The van der Waals surface area contributed by atoms with E-state index in [9.17, 15) is 4.79 Å². The molecule has 0 aromatic carbocycles. The summed E-state index contributed by atoms with van der Waals surface area (Å²) in [5, 5.41) is 12.0. The lowest BCUT2D eigenvalue weighted by atomic mass is 10.1. The molecular formula is C12H16N2O2. The summed E-state index contributed by atoms with van der Waals surface area (Å²) < 4.78 is 0. The van der Waals surface area contributed by atoms with Crippen LogP contribution >= 0.6 is 0 Å². The molecule has 1 aliphatic carbocycles. The van der Waals surface area contributed by atoms with Crippen molar-refractivity contribution >= 4 is 11.8 Å². The second-order valence-corrected chi connectivity index (χ2v) is 5.01. The molecule has 1 aliphatic rings. The van der Waals surface area contributed by atoms with E-state index in [0.29, 0.717) is 17.2 Å². The van der Waals surface area contributed by atoms with Crippen LogP contribution in [-0.4, -0.2) is 22.6 Å². The molecule has 0 radical (unpaired) electrons. The van der Waals surface area contributed by atoms with Crippen molar-refractivity contribution in [1.82, 2.24) is 4.98 Å². The van der Waals surface area contributed by atoms with Crippen LogP contribution < -0.4 is 5.32 Å². The number of hydrogen-bond acceptors (Lipinski definition) is 3. The van der Waals surface area contributed by atoms with E-state index in [2.05, 4.69) is 24.1 Å². The molecule has 1 aromatic heterocycles. The van der Waals surface area contributed by atoms with E-state index in [1.807, 2.05) is 0 Å². The van der Waals surface area contributed by atoms with Crippen LogP contribution in [0.5, 0.6) is 0 Å². The summed E-state index contributed by atoms with van der Waals surface area (Å²) in [6.45, 7) is 5.34. The van der Waals surface area contributed by atoms with Crippen LogP contribution in [0.3, 0.4) is 0 Å². The first kappa shape index (κ1) is 10.9. The average molecular weight is 220 g/mol. The quantitative estimate of drug-likeness (QED) is 0.816. The molecule has 86 valence electrons. The van der Waals surface area contributed by atoms with Gasteiger partial charge in [-0.25, -0.2) is 9.78 Å². The van der Waals surface area contributed by atoms with E-state index in [-0.39, 0.29) is 5.56 Å². The lowest BCUT2D eigenvalue weighted by molar-refractivity contribution is 0.0697. The molecule has 2 N–H and O–H groups in total. The number of pyridine rings is 1. The highest BCUT2D eigenvalue weighted by Gasteiger charge is 2.44. The van der Waals surface area contributed by atoms with Gasteiger partial charge in [0.25, 0.3) is 0 Å². The fraction of sp³-hybridized carbons (Fsp3) is 0.500. The molecule has 1 atom stereocenters. The molecule has 0 amide bonds. The van der Waals surface area contributed by atoms with Crippen molar-refractivity contribution in [3.05, 3.63) is 23.9 Å². The van der Waals surface area contributed by atoms with Gasteiger partial charge in [0, 0.05) is 12.7 Å². The topological polar surface area (TPSA) is 62.2 Å². The molecule has 0 bridgehead atoms. The standard InChI is InChI=1S/C12H16N2O2/c1-12(2)6-9(12)7-14-10-5-8(11(15)16)3-4-13-10/h3-5,9H,6-7H2,1-2H3,(H,13,14)(H,15,16). The van der Waals surface area contributed by atoms with Gasteiger partial charge in [-0.2, -0.15) is 0 Å². The van der Waals surface area contributed by atoms with E-state index in [1.54, 1.807) is 6.07 Å². The summed E-state index contributed by atoms with van der Waals surface area (Å²) in [5.74, 6) is 0.391. The summed E-state index contributed by atoms with van der Waals surface area (Å²) in [6, 6.07) is 3.06. The molecule has 1 heterocycles. The summed E-state index contributed by atoms with van der Waals surface area (Å²) >= 11 is 0. The Hall–Kier alpha value is -1.58. The Balaban J connectivity index is 1.95. The molecule has 1 fully saturated rings. The molecular weight excluding hydrogens is 204 g/mol. The predicted molar refractivity (Wildman–Crippen MR) is 61.6 cm³/mol. The number of carboxylic acid groups (broad SMARTS) is 1. The first-order valence-corrected chi connectivity index (χ1v) is 5.42. The van der Waals surface area contributed by atoms with E-state index < -0.39 is 5.97 Å². The zero-order valence-corrected chi connectivity index (χ0v) is 9.53. The van der Waals surface area contributed by atoms with Crippen molar-refractivity contribution in [3.63, 3.8) is 0 Å². The Bertz CT molecular complexity index is 415. The van der Waals surface area contributed by atoms with E-state index in [1.165, 1.54) is 18.7 Å². The van der Waals surface area contributed by atoms with Crippen molar-refractivity contribution < 1.29 is 9.90 Å². The van der Waals surface area contributed by atoms with Gasteiger partial charge in [0.15, 0.2) is 0 Å². The van der Waals surface area contributed by atoms with Crippen LogP contribution in [0.4, 0.5) is 5.82 Å². The van der Waals surface area contributed by atoms with Crippen LogP contribution in [0.15, 0.2) is 18.3 Å². The highest BCUT2D eigenvalue weighted by atomic mass is 16.4. The Morgan fingerprint density at radius 1 is 1.69 bits per heavy atom. The second kappa shape index (κ2) is 3.77. The predicted octanol–water partition coefficient (Wildman–Crippen LogP) is 2.24. The van der Waals surface area contributed by atoms with Crippen LogP contribution in [0.25, 0.3) is 0 Å². The number of hydrogen-bond donors (Lipinski definition) is 2. The van der Waals surface area contributed by atoms with Gasteiger partial charge in [-0.15, -0.1) is 0 Å². The van der Waals surface area contributed by atoms with Gasteiger partial charge >= 0.3 is 5.97 Å². The maximum Gasteiger partial charge on any atom is 0.335 e. The summed E-state index contributed by atoms with van der Waals surface area (Å²) in [5.41, 5.74) is 0.699. The monoisotopic (exact) mass is 220 g/mol. The van der Waals surface area contributed by atoms with Gasteiger partial charge in [-0.1, -0.05) is 13.8 Å². The lowest BCUT2D eigenvalue weighted by Gasteiger charge is -2.07. The number of carboxylic acids is 1. The number of rotatable bonds is 4. The number of nitrogens with one attached hydrogen (secondary N) is 1.